The highest BCUT2D eigenvalue weighted by atomic mass is 32.1. The molecule has 2 aromatic rings. The molecular weight excluding hydrogens is 216 g/mol. The molecule has 2 aromatic heterocycles. The Balaban J connectivity index is 2.20. The van der Waals surface area contributed by atoms with Crippen LogP contribution in [0.4, 0.5) is 0 Å². The van der Waals surface area contributed by atoms with Crippen LogP contribution >= 0.6 is 11.3 Å². The third-order valence-electron chi connectivity index (χ3n) is 2.62. The van der Waals surface area contributed by atoms with E-state index >= 15 is 0 Å². The zero-order valence-electron chi connectivity index (χ0n) is 9.39. The van der Waals surface area contributed by atoms with Gasteiger partial charge in [-0.2, -0.15) is 11.3 Å². The lowest BCUT2D eigenvalue weighted by Crippen LogP contribution is -2.21. The van der Waals surface area contributed by atoms with Gasteiger partial charge in [0, 0.05) is 29.1 Å². The number of aromatic nitrogens is 1. The van der Waals surface area contributed by atoms with E-state index < -0.39 is 0 Å². The maximum absolute atomic E-state index is 5.94. The fourth-order valence-corrected chi connectivity index (χ4v) is 2.23. The van der Waals surface area contributed by atoms with Crippen molar-refractivity contribution in [1.82, 2.24) is 4.98 Å². The molecule has 2 N–H and O–H groups in total. The Morgan fingerprint density at radius 3 is 2.94 bits per heavy atom. The summed E-state index contributed by atoms with van der Waals surface area (Å²) in [5, 5.41) is 4.19. The van der Waals surface area contributed by atoms with E-state index in [4.69, 9.17) is 5.73 Å². The second-order valence-electron chi connectivity index (χ2n) is 3.90. The molecule has 16 heavy (non-hydrogen) atoms. The molecule has 0 aromatic carbocycles. The van der Waals surface area contributed by atoms with E-state index in [0.29, 0.717) is 0 Å². The van der Waals surface area contributed by atoms with Crippen LogP contribution in [0.1, 0.15) is 19.0 Å². The Labute approximate surface area is 100 Å². The fourth-order valence-electron chi connectivity index (χ4n) is 1.58. The normalized spacial score (nSPS) is 12.6. The molecule has 1 unspecified atom stereocenters. The first kappa shape index (κ1) is 11.3. The van der Waals surface area contributed by atoms with Crippen LogP contribution in [0.2, 0.25) is 0 Å². The lowest BCUT2D eigenvalue weighted by atomic mass is 10.1. The second-order valence-corrected chi connectivity index (χ2v) is 4.68. The Morgan fingerprint density at radius 2 is 2.25 bits per heavy atom. The highest BCUT2D eigenvalue weighted by Gasteiger charge is 2.05. The number of nitrogens with zero attached hydrogens (tertiary/aromatic N) is 1. The summed E-state index contributed by atoms with van der Waals surface area (Å²) < 4.78 is 0. The Bertz CT molecular complexity index is 437. The first-order valence-corrected chi connectivity index (χ1v) is 6.48. The van der Waals surface area contributed by atoms with Crippen LogP contribution in [0, 0.1) is 0 Å². The second kappa shape index (κ2) is 5.23. The molecule has 0 spiro atoms. The van der Waals surface area contributed by atoms with Crippen molar-refractivity contribution in [1.29, 1.82) is 0 Å². The minimum atomic E-state index is 0.213. The molecule has 1 atom stereocenters. The first-order valence-electron chi connectivity index (χ1n) is 5.53. The molecule has 84 valence electrons. The minimum Gasteiger partial charge on any atom is -0.327 e. The molecular formula is C13H16N2S. The lowest BCUT2D eigenvalue weighted by Gasteiger charge is -2.08. The molecule has 0 fully saturated rings. The van der Waals surface area contributed by atoms with E-state index in [2.05, 4.69) is 34.8 Å². The highest BCUT2D eigenvalue weighted by Crippen LogP contribution is 2.20. The Morgan fingerprint density at radius 1 is 1.38 bits per heavy atom. The maximum Gasteiger partial charge on any atom is 0.0713 e. The monoisotopic (exact) mass is 232 g/mol. The molecule has 2 rings (SSSR count). The van der Waals surface area contributed by atoms with Gasteiger partial charge in [-0.25, -0.2) is 0 Å². The molecule has 0 radical (unpaired) electrons. The SMILES string of the molecule is CCC(N)Cc1cccc(-c2ccsc2)n1. The van der Waals surface area contributed by atoms with Gasteiger partial charge in [0.25, 0.3) is 0 Å². The summed E-state index contributed by atoms with van der Waals surface area (Å²) >= 11 is 1.69. The Hall–Kier alpha value is -1.19. The number of hydrogen-bond donors (Lipinski definition) is 1. The third kappa shape index (κ3) is 2.68. The molecule has 3 heteroatoms. The zero-order valence-corrected chi connectivity index (χ0v) is 10.2. The fraction of sp³-hybridized carbons (Fsp3) is 0.308. The van der Waals surface area contributed by atoms with Gasteiger partial charge in [-0.15, -0.1) is 0 Å². The highest BCUT2D eigenvalue weighted by molar-refractivity contribution is 7.08. The smallest absolute Gasteiger partial charge is 0.0713 e. The Kier molecular flexibility index (Phi) is 3.70. The van der Waals surface area contributed by atoms with Gasteiger partial charge in [0.2, 0.25) is 0 Å². The van der Waals surface area contributed by atoms with Crippen molar-refractivity contribution in [2.45, 2.75) is 25.8 Å². The van der Waals surface area contributed by atoms with E-state index in [1.54, 1.807) is 11.3 Å². The summed E-state index contributed by atoms with van der Waals surface area (Å²) in [7, 11) is 0. The van der Waals surface area contributed by atoms with E-state index in [1.165, 1.54) is 5.56 Å². The van der Waals surface area contributed by atoms with Crippen LogP contribution in [0.15, 0.2) is 35.0 Å². The molecule has 2 nitrogen and oxygen atoms in total. The van der Waals surface area contributed by atoms with Crippen molar-refractivity contribution in [3.8, 4) is 11.3 Å². The molecule has 0 aliphatic carbocycles. The quantitative estimate of drug-likeness (QED) is 0.879. The van der Waals surface area contributed by atoms with Crippen LogP contribution in [-0.2, 0) is 6.42 Å². The standard InChI is InChI=1S/C13H16N2S/c1-2-11(14)8-12-4-3-5-13(15-12)10-6-7-16-9-10/h3-7,9,11H,2,8,14H2,1H3. The molecule has 0 saturated carbocycles. The van der Waals surface area contributed by atoms with Crippen molar-refractivity contribution < 1.29 is 0 Å². The first-order chi connectivity index (χ1) is 7.79. The van der Waals surface area contributed by atoms with Gasteiger partial charge in [0.05, 0.1) is 5.69 Å². The van der Waals surface area contributed by atoms with E-state index in [0.717, 1.165) is 24.2 Å². The van der Waals surface area contributed by atoms with Gasteiger partial charge in [-0.3, -0.25) is 4.98 Å². The van der Waals surface area contributed by atoms with Crippen molar-refractivity contribution in [3.05, 3.63) is 40.7 Å². The average molecular weight is 232 g/mol. The maximum atomic E-state index is 5.94. The van der Waals surface area contributed by atoms with Crippen molar-refractivity contribution in [2.24, 2.45) is 5.73 Å². The van der Waals surface area contributed by atoms with Crippen LogP contribution < -0.4 is 5.73 Å². The molecule has 0 bridgehead atoms. The van der Waals surface area contributed by atoms with Gasteiger partial charge in [0.15, 0.2) is 0 Å². The summed E-state index contributed by atoms with van der Waals surface area (Å²) in [4.78, 5) is 4.63. The summed E-state index contributed by atoms with van der Waals surface area (Å²) in [5.41, 5.74) is 9.25. The number of hydrogen-bond acceptors (Lipinski definition) is 3. The predicted molar refractivity (Wildman–Crippen MR) is 69.5 cm³/mol. The topological polar surface area (TPSA) is 38.9 Å². The van der Waals surface area contributed by atoms with Crippen molar-refractivity contribution in [2.75, 3.05) is 0 Å². The van der Waals surface area contributed by atoms with Gasteiger partial charge in [-0.05, 0) is 30.0 Å². The summed E-state index contributed by atoms with van der Waals surface area (Å²) in [5.74, 6) is 0. The number of nitrogens with two attached hydrogens (primary N) is 1. The summed E-state index contributed by atoms with van der Waals surface area (Å²) in [6.07, 6.45) is 1.85. The van der Waals surface area contributed by atoms with E-state index in [9.17, 15) is 0 Å². The van der Waals surface area contributed by atoms with Gasteiger partial charge >= 0.3 is 0 Å². The number of thiophene rings is 1. The van der Waals surface area contributed by atoms with Gasteiger partial charge in [0.1, 0.15) is 0 Å². The lowest BCUT2D eigenvalue weighted by molar-refractivity contribution is 0.637. The van der Waals surface area contributed by atoms with Crippen LogP contribution in [0.3, 0.4) is 0 Å². The number of rotatable bonds is 4. The van der Waals surface area contributed by atoms with Crippen LogP contribution in [-0.4, -0.2) is 11.0 Å². The van der Waals surface area contributed by atoms with Crippen LogP contribution in [0.25, 0.3) is 11.3 Å². The molecule has 0 saturated heterocycles. The summed E-state index contributed by atoms with van der Waals surface area (Å²) in [6, 6.07) is 8.45. The zero-order chi connectivity index (χ0) is 11.4. The molecule has 0 aliphatic heterocycles. The third-order valence-corrected chi connectivity index (χ3v) is 3.30. The largest absolute Gasteiger partial charge is 0.327 e. The van der Waals surface area contributed by atoms with Crippen molar-refractivity contribution in [3.63, 3.8) is 0 Å². The molecule has 0 amide bonds. The van der Waals surface area contributed by atoms with Gasteiger partial charge in [-0.1, -0.05) is 13.0 Å². The summed E-state index contributed by atoms with van der Waals surface area (Å²) in [6.45, 7) is 2.10. The minimum absolute atomic E-state index is 0.213. The van der Waals surface area contributed by atoms with Crippen molar-refractivity contribution >= 4 is 11.3 Å². The predicted octanol–water partition coefficient (Wildman–Crippen LogP) is 3.09. The van der Waals surface area contributed by atoms with E-state index in [1.807, 2.05) is 12.1 Å². The number of pyridine rings is 1. The van der Waals surface area contributed by atoms with Crippen LogP contribution in [0.5, 0.6) is 0 Å². The average Bonchev–Trinajstić information content (AvgIpc) is 2.83. The molecule has 0 aliphatic rings. The molecule has 2 heterocycles. The van der Waals surface area contributed by atoms with Gasteiger partial charge < -0.3 is 5.73 Å². The van der Waals surface area contributed by atoms with E-state index in [-0.39, 0.29) is 6.04 Å².